The molecule has 1 atom stereocenters. The van der Waals surface area contributed by atoms with E-state index in [4.69, 9.17) is 21.1 Å². The van der Waals surface area contributed by atoms with Gasteiger partial charge in [0.25, 0.3) is 0 Å². The Hall–Kier alpha value is -1.78. The number of aryl methyl sites for hydroxylation is 1. The number of aliphatic hydroxyl groups excluding tert-OH is 1. The predicted octanol–water partition coefficient (Wildman–Crippen LogP) is 3.89. The molecule has 2 aromatic rings. The van der Waals surface area contributed by atoms with Crippen LogP contribution in [0.4, 0.5) is 4.39 Å². The molecule has 0 heterocycles. The van der Waals surface area contributed by atoms with Crippen molar-refractivity contribution in [3.05, 3.63) is 57.9 Å². The molecule has 112 valence electrons. The molecule has 0 saturated carbocycles. The van der Waals surface area contributed by atoms with Gasteiger partial charge >= 0.3 is 0 Å². The average Bonchev–Trinajstić information content (AvgIpc) is 2.48. The summed E-state index contributed by atoms with van der Waals surface area (Å²) < 4.78 is 24.3. The quantitative estimate of drug-likeness (QED) is 0.931. The predicted molar refractivity (Wildman–Crippen MR) is 79.8 cm³/mol. The Morgan fingerprint density at radius 3 is 2.29 bits per heavy atom. The van der Waals surface area contributed by atoms with Crippen molar-refractivity contribution in [1.82, 2.24) is 0 Å². The van der Waals surface area contributed by atoms with Crippen LogP contribution in [0.25, 0.3) is 0 Å². The number of methoxy groups -OCH3 is 2. The zero-order valence-corrected chi connectivity index (χ0v) is 12.7. The Labute approximate surface area is 127 Å². The van der Waals surface area contributed by atoms with Crippen molar-refractivity contribution < 1.29 is 19.0 Å². The standard InChI is InChI=1S/C16H16ClFO3/c1-9-6-14(20-2)15(21-3)8-11(9)16(19)12-7-10(17)4-5-13(12)18/h4-8,16,19H,1-3H3. The highest BCUT2D eigenvalue weighted by molar-refractivity contribution is 6.30. The Morgan fingerprint density at radius 2 is 1.67 bits per heavy atom. The van der Waals surface area contributed by atoms with Gasteiger partial charge in [-0.15, -0.1) is 0 Å². The van der Waals surface area contributed by atoms with Crippen LogP contribution >= 0.6 is 11.6 Å². The van der Waals surface area contributed by atoms with E-state index in [-0.39, 0.29) is 5.56 Å². The van der Waals surface area contributed by atoms with Crippen molar-refractivity contribution in [2.75, 3.05) is 14.2 Å². The van der Waals surface area contributed by atoms with Gasteiger partial charge in [0, 0.05) is 10.6 Å². The third-order valence-corrected chi connectivity index (χ3v) is 3.55. The molecule has 0 amide bonds. The normalized spacial score (nSPS) is 12.1. The van der Waals surface area contributed by atoms with Gasteiger partial charge in [0.05, 0.1) is 14.2 Å². The van der Waals surface area contributed by atoms with E-state index in [1.807, 2.05) is 6.92 Å². The van der Waals surface area contributed by atoms with Crippen LogP contribution in [0.15, 0.2) is 30.3 Å². The molecular weight excluding hydrogens is 295 g/mol. The van der Waals surface area contributed by atoms with Crippen molar-refractivity contribution in [2.45, 2.75) is 13.0 Å². The zero-order valence-electron chi connectivity index (χ0n) is 12.0. The van der Waals surface area contributed by atoms with E-state index in [9.17, 15) is 9.50 Å². The molecular formula is C16H16ClFO3. The van der Waals surface area contributed by atoms with E-state index in [0.29, 0.717) is 22.1 Å². The van der Waals surface area contributed by atoms with Crippen molar-refractivity contribution in [3.63, 3.8) is 0 Å². The third-order valence-electron chi connectivity index (χ3n) is 3.32. The summed E-state index contributed by atoms with van der Waals surface area (Å²) in [7, 11) is 3.04. The summed E-state index contributed by atoms with van der Waals surface area (Å²) in [5.41, 5.74) is 1.42. The van der Waals surface area contributed by atoms with E-state index in [2.05, 4.69) is 0 Å². The summed E-state index contributed by atoms with van der Waals surface area (Å²) in [6, 6.07) is 7.46. The minimum Gasteiger partial charge on any atom is -0.493 e. The SMILES string of the molecule is COc1cc(C)c(C(O)c2cc(Cl)ccc2F)cc1OC. The maximum absolute atomic E-state index is 13.9. The summed E-state index contributed by atoms with van der Waals surface area (Å²) in [5.74, 6) is 0.512. The van der Waals surface area contributed by atoms with Gasteiger partial charge in [-0.3, -0.25) is 0 Å². The lowest BCUT2D eigenvalue weighted by Gasteiger charge is -2.18. The number of hydrogen-bond acceptors (Lipinski definition) is 3. The summed E-state index contributed by atoms with van der Waals surface area (Å²) >= 11 is 5.87. The molecule has 0 aliphatic heterocycles. The Balaban J connectivity index is 2.52. The lowest BCUT2D eigenvalue weighted by Crippen LogP contribution is -2.06. The van der Waals surface area contributed by atoms with E-state index in [1.54, 1.807) is 12.1 Å². The van der Waals surface area contributed by atoms with Gasteiger partial charge < -0.3 is 14.6 Å². The van der Waals surface area contributed by atoms with Crippen LogP contribution in [-0.2, 0) is 0 Å². The fourth-order valence-electron chi connectivity index (χ4n) is 2.18. The highest BCUT2D eigenvalue weighted by Crippen LogP contribution is 2.36. The molecule has 3 nitrogen and oxygen atoms in total. The monoisotopic (exact) mass is 310 g/mol. The van der Waals surface area contributed by atoms with Gasteiger partial charge in [0.2, 0.25) is 0 Å². The summed E-state index contributed by atoms with van der Waals surface area (Å²) in [6.07, 6.45) is -1.14. The molecule has 1 N–H and O–H groups in total. The van der Waals surface area contributed by atoms with Crippen molar-refractivity contribution in [3.8, 4) is 11.5 Å². The zero-order chi connectivity index (χ0) is 15.6. The second kappa shape index (κ2) is 6.33. The first-order valence-electron chi connectivity index (χ1n) is 6.33. The number of halogens is 2. The van der Waals surface area contributed by atoms with Gasteiger partial charge in [0.1, 0.15) is 11.9 Å². The number of ether oxygens (including phenoxy) is 2. The first-order chi connectivity index (χ1) is 9.97. The minimum absolute atomic E-state index is 0.123. The molecule has 2 rings (SSSR count). The Kier molecular flexibility index (Phi) is 4.70. The van der Waals surface area contributed by atoms with Crippen LogP contribution < -0.4 is 9.47 Å². The van der Waals surface area contributed by atoms with Crippen molar-refractivity contribution in [2.24, 2.45) is 0 Å². The smallest absolute Gasteiger partial charge is 0.161 e. The number of aliphatic hydroxyl groups is 1. The fraction of sp³-hybridized carbons (Fsp3) is 0.250. The molecule has 0 fully saturated rings. The van der Waals surface area contributed by atoms with Crippen LogP contribution in [0.2, 0.25) is 5.02 Å². The number of rotatable bonds is 4. The second-order valence-electron chi connectivity index (χ2n) is 4.63. The molecule has 0 aromatic heterocycles. The van der Waals surface area contributed by atoms with Gasteiger partial charge in [-0.2, -0.15) is 0 Å². The van der Waals surface area contributed by atoms with Crippen LogP contribution in [0.5, 0.6) is 11.5 Å². The topological polar surface area (TPSA) is 38.7 Å². The maximum atomic E-state index is 13.9. The first kappa shape index (κ1) is 15.6. The highest BCUT2D eigenvalue weighted by Gasteiger charge is 2.20. The van der Waals surface area contributed by atoms with Crippen LogP contribution in [0.1, 0.15) is 22.8 Å². The largest absolute Gasteiger partial charge is 0.493 e. The van der Waals surface area contributed by atoms with Crippen molar-refractivity contribution in [1.29, 1.82) is 0 Å². The van der Waals surface area contributed by atoms with Gasteiger partial charge in [-0.1, -0.05) is 11.6 Å². The van der Waals surface area contributed by atoms with Gasteiger partial charge in [-0.05, 0) is 48.4 Å². The lowest BCUT2D eigenvalue weighted by molar-refractivity contribution is 0.213. The van der Waals surface area contributed by atoms with E-state index >= 15 is 0 Å². The minimum atomic E-state index is -1.14. The fourth-order valence-corrected chi connectivity index (χ4v) is 2.36. The molecule has 5 heteroatoms. The van der Waals surface area contributed by atoms with Crippen LogP contribution in [0, 0.1) is 12.7 Å². The number of benzene rings is 2. The second-order valence-corrected chi connectivity index (χ2v) is 5.07. The summed E-state index contributed by atoms with van der Waals surface area (Å²) in [6.45, 7) is 1.81. The maximum Gasteiger partial charge on any atom is 0.161 e. The van der Waals surface area contributed by atoms with Crippen LogP contribution in [-0.4, -0.2) is 19.3 Å². The molecule has 1 unspecified atom stereocenters. The molecule has 2 aromatic carbocycles. The van der Waals surface area contributed by atoms with Gasteiger partial charge in [0.15, 0.2) is 11.5 Å². The van der Waals surface area contributed by atoms with E-state index in [1.165, 1.54) is 32.4 Å². The summed E-state index contributed by atoms with van der Waals surface area (Å²) in [5, 5.41) is 10.8. The number of hydrogen-bond donors (Lipinski definition) is 1. The average molecular weight is 311 g/mol. The Morgan fingerprint density at radius 1 is 1.05 bits per heavy atom. The first-order valence-corrected chi connectivity index (χ1v) is 6.71. The van der Waals surface area contributed by atoms with Crippen molar-refractivity contribution >= 4 is 11.6 Å². The highest BCUT2D eigenvalue weighted by atomic mass is 35.5. The molecule has 0 aliphatic rings. The molecule has 0 spiro atoms. The lowest BCUT2D eigenvalue weighted by atomic mass is 9.96. The molecule has 21 heavy (non-hydrogen) atoms. The third kappa shape index (κ3) is 3.12. The Bertz CT molecular complexity index is 658. The van der Waals surface area contributed by atoms with E-state index < -0.39 is 11.9 Å². The molecule has 0 saturated heterocycles. The molecule has 0 radical (unpaired) electrons. The summed E-state index contributed by atoms with van der Waals surface area (Å²) in [4.78, 5) is 0. The van der Waals surface area contributed by atoms with E-state index in [0.717, 1.165) is 5.56 Å². The molecule has 0 aliphatic carbocycles. The van der Waals surface area contributed by atoms with Gasteiger partial charge in [-0.25, -0.2) is 4.39 Å². The van der Waals surface area contributed by atoms with Crippen LogP contribution in [0.3, 0.4) is 0 Å². The molecule has 0 bridgehead atoms.